The normalized spacial score (nSPS) is 10.6. The molecule has 11 heavy (non-hydrogen) atoms. The first-order chi connectivity index (χ1) is 5.18. The van der Waals surface area contributed by atoms with Crippen molar-refractivity contribution < 1.29 is 9.90 Å². The van der Waals surface area contributed by atoms with Crippen LogP contribution in [0, 0.1) is 0 Å². The van der Waals surface area contributed by atoms with E-state index >= 15 is 0 Å². The van der Waals surface area contributed by atoms with Crippen LogP contribution in [-0.4, -0.2) is 31.3 Å². The molecule has 0 aliphatic rings. The van der Waals surface area contributed by atoms with E-state index in [1.807, 2.05) is 0 Å². The van der Waals surface area contributed by atoms with Gasteiger partial charge < -0.3 is 5.11 Å². The van der Waals surface area contributed by atoms with Crippen molar-refractivity contribution in [3.8, 4) is 0 Å². The summed E-state index contributed by atoms with van der Waals surface area (Å²) in [6.45, 7) is 0. The van der Waals surface area contributed by atoms with Gasteiger partial charge in [-0.15, -0.1) is 10.2 Å². The van der Waals surface area contributed by atoms with Gasteiger partial charge in [-0.2, -0.15) is 4.80 Å². The van der Waals surface area contributed by atoms with Crippen LogP contribution in [0.5, 0.6) is 0 Å². The monoisotopic (exact) mass is 154 g/mol. The summed E-state index contributed by atoms with van der Waals surface area (Å²) in [4.78, 5) is 11.3. The zero-order valence-electron chi connectivity index (χ0n) is 5.80. The zero-order chi connectivity index (χ0) is 8.27. The second-order valence-corrected chi connectivity index (χ2v) is 1.81. The van der Waals surface area contributed by atoms with Crippen molar-refractivity contribution in [1.82, 2.24) is 20.2 Å². The maximum atomic E-state index is 10.0. The summed E-state index contributed by atoms with van der Waals surface area (Å²) in [7, 11) is 1.60. The highest BCUT2D eigenvalue weighted by atomic mass is 16.4. The molecule has 0 aliphatic carbocycles. The molecule has 0 atom stereocenters. The molecule has 0 amide bonds. The van der Waals surface area contributed by atoms with Gasteiger partial charge in [-0.3, -0.25) is 0 Å². The van der Waals surface area contributed by atoms with Crippen molar-refractivity contribution in [1.29, 1.82) is 0 Å². The third-order valence-corrected chi connectivity index (χ3v) is 0.899. The van der Waals surface area contributed by atoms with Gasteiger partial charge in [0.1, 0.15) is 0 Å². The van der Waals surface area contributed by atoms with Crippen LogP contribution in [0.2, 0.25) is 0 Å². The summed E-state index contributed by atoms with van der Waals surface area (Å²) in [6.07, 6.45) is 2.23. The van der Waals surface area contributed by atoms with E-state index < -0.39 is 5.97 Å². The minimum absolute atomic E-state index is 0.287. The first-order valence-corrected chi connectivity index (χ1v) is 2.83. The van der Waals surface area contributed by atoms with Gasteiger partial charge in [-0.1, -0.05) is 0 Å². The van der Waals surface area contributed by atoms with Crippen molar-refractivity contribution in [2.75, 3.05) is 0 Å². The number of nitrogens with zero attached hydrogens (tertiary/aromatic N) is 4. The lowest BCUT2D eigenvalue weighted by Crippen LogP contribution is -1.92. The third kappa shape index (κ3) is 2.17. The highest BCUT2D eigenvalue weighted by Gasteiger charge is 1.94. The molecule has 0 unspecified atom stereocenters. The number of tetrazole rings is 1. The quantitative estimate of drug-likeness (QED) is 0.570. The summed E-state index contributed by atoms with van der Waals surface area (Å²) in [5.74, 6) is -0.743. The Balaban J connectivity index is 2.71. The Morgan fingerprint density at radius 1 is 1.73 bits per heavy atom. The van der Waals surface area contributed by atoms with Crippen LogP contribution in [0.25, 0.3) is 6.08 Å². The van der Waals surface area contributed by atoms with E-state index in [1.54, 1.807) is 7.05 Å². The molecular formula is C5H6N4O2. The fourth-order valence-electron chi connectivity index (χ4n) is 0.511. The molecule has 0 radical (unpaired) electrons. The Labute approximate surface area is 62.1 Å². The molecule has 0 bridgehead atoms. The minimum Gasteiger partial charge on any atom is -0.478 e. The number of hydrogen-bond donors (Lipinski definition) is 1. The van der Waals surface area contributed by atoms with Crippen LogP contribution >= 0.6 is 0 Å². The largest absolute Gasteiger partial charge is 0.478 e. The van der Waals surface area contributed by atoms with Gasteiger partial charge >= 0.3 is 5.97 Å². The predicted octanol–water partition coefficient (Wildman–Crippen LogP) is -0.692. The van der Waals surface area contributed by atoms with Crippen molar-refractivity contribution in [2.24, 2.45) is 7.05 Å². The lowest BCUT2D eigenvalue weighted by Gasteiger charge is -1.77. The number of rotatable bonds is 2. The fourth-order valence-corrected chi connectivity index (χ4v) is 0.511. The highest BCUT2D eigenvalue weighted by molar-refractivity contribution is 5.84. The molecule has 1 heterocycles. The number of aromatic nitrogens is 4. The molecular weight excluding hydrogens is 148 g/mol. The Hall–Kier alpha value is -1.72. The summed E-state index contributed by atoms with van der Waals surface area (Å²) in [5.41, 5.74) is 0. The van der Waals surface area contributed by atoms with Crippen molar-refractivity contribution >= 4 is 12.0 Å². The van der Waals surface area contributed by atoms with E-state index in [4.69, 9.17) is 5.11 Å². The zero-order valence-corrected chi connectivity index (χ0v) is 5.80. The topological polar surface area (TPSA) is 80.9 Å². The van der Waals surface area contributed by atoms with Crippen molar-refractivity contribution in [2.45, 2.75) is 0 Å². The highest BCUT2D eigenvalue weighted by Crippen LogP contribution is 1.88. The lowest BCUT2D eigenvalue weighted by atomic mass is 10.5. The Morgan fingerprint density at radius 2 is 2.45 bits per heavy atom. The van der Waals surface area contributed by atoms with E-state index in [0.29, 0.717) is 0 Å². The van der Waals surface area contributed by atoms with Crippen LogP contribution in [0.3, 0.4) is 0 Å². The molecule has 1 aromatic rings. The summed E-state index contributed by atoms with van der Waals surface area (Å²) >= 11 is 0. The maximum Gasteiger partial charge on any atom is 0.328 e. The molecule has 0 aromatic carbocycles. The van der Waals surface area contributed by atoms with Crippen LogP contribution in [0.15, 0.2) is 6.08 Å². The van der Waals surface area contributed by atoms with Gasteiger partial charge in [-0.25, -0.2) is 4.79 Å². The van der Waals surface area contributed by atoms with Gasteiger partial charge in [-0.05, 0) is 11.3 Å². The Kier molecular flexibility index (Phi) is 1.95. The number of carboxylic acid groups (broad SMARTS) is 1. The molecule has 0 saturated heterocycles. The van der Waals surface area contributed by atoms with Crippen molar-refractivity contribution in [3.63, 3.8) is 0 Å². The first kappa shape index (κ1) is 7.39. The number of carboxylic acids is 1. The van der Waals surface area contributed by atoms with E-state index in [-0.39, 0.29) is 5.82 Å². The Morgan fingerprint density at radius 3 is 2.91 bits per heavy atom. The fraction of sp³-hybridized carbons (Fsp3) is 0.200. The average Bonchev–Trinajstić information content (AvgIpc) is 2.31. The lowest BCUT2D eigenvalue weighted by molar-refractivity contribution is -0.131. The molecule has 1 N–H and O–H groups in total. The van der Waals surface area contributed by atoms with E-state index in [1.165, 1.54) is 10.9 Å². The van der Waals surface area contributed by atoms with Crippen LogP contribution in [0.4, 0.5) is 0 Å². The van der Waals surface area contributed by atoms with Crippen LogP contribution in [-0.2, 0) is 11.8 Å². The number of carbonyl (C=O) groups is 1. The number of aryl methyl sites for hydroxylation is 1. The second-order valence-electron chi connectivity index (χ2n) is 1.81. The van der Waals surface area contributed by atoms with Gasteiger partial charge in [0.2, 0.25) is 0 Å². The SMILES string of the molecule is Cn1nnc(/C=C/C(=O)O)n1. The standard InChI is InChI=1S/C5H6N4O2/c1-9-7-4(6-8-9)2-3-5(10)11/h2-3H,1H3,(H,10,11)/b3-2+. The van der Waals surface area contributed by atoms with Crippen LogP contribution < -0.4 is 0 Å². The number of hydrogen-bond acceptors (Lipinski definition) is 4. The first-order valence-electron chi connectivity index (χ1n) is 2.83. The molecule has 6 nitrogen and oxygen atoms in total. The summed E-state index contributed by atoms with van der Waals surface area (Å²) in [5, 5.41) is 19.0. The molecule has 58 valence electrons. The smallest absolute Gasteiger partial charge is 0.328 e. The van der Waals surface area contributed by atoms with Crippen molar-refractivity contribution in [3.05, 3.63) is 11.9 Å². The van der Waals surface area contributed by atoms with Gasteiger partial charge in [0.15, 0.2) is 5.82 Å². The third-order valence-electron chi connectivity index (χ3n) is 0.899. The van der Waals surface area contributed by atoms with E-state index in [9.17, 15) is 4.79 Å². The number of aliphatic carboxylic acids is 1. The molecule has 1 aromatic heterocycles. The van der Waals surface area contributed by atoms with Gasteiger partial charge in [0.25, 0.3) is 0 Å². The molecule has 0 fully saturated rings. The minimum atomic E-state index is -1.03. The molecule has 1 rings (SSSR count). The summed E-state index contributed by atoms with van der Waals surface area (Å²) in [6, 6.07) is 0. The summed E-state index contributed by atoms with van der Waals surface area (Å²) < 4.78 is 0. The molecule has 0 aliphatic heterocycles. The van der Waals surface area contributed by atoms with Gasteiger partial charge in [0.05, 0.1) is 7.05 Å². The maximum absolute atomic E-state index is 10.0. The van der Waals surface area contributed by atoms with E-state index in [2.05, 4.69) is 15.4 Å². The van der Waals surface area contributed by atoms with Gasteiger partial charge in [0, 0.05) is 6.08 Å². The predicted molar refractivity (Wildman–Crippen MR) is 35.5 cm³/mol. The average molecular weight is 154 g/mol. The second kappa shape index (κ2) is 2.91. The molecule has 6 heteroatoms. The van der Waals surface area contributed by atoms with Crippen LogP contribution in [0.1, 0.15) is 5.82 Å². The van der Waals surface area contributed by atoms with E-state index in [0.717, 1.165) is 6.08 Å². The molecule has 0 spiro atoms. The Bertz CT molecular complexity index is 290. The molecule has 0 saturated carbocycles.